The van der Waals surface area contributed by atoms with Crippen molar-refractivity contribution in [2.24, 2.45) is 0 Å². The Morgan fingerprint density at radius 2 is 2.15 bits per heavy atom. The van der Waals surface area contributed by atoms with Crippen LogP contribution in [0.25, 0.3) is 0 Å². The van der Waals surface area contributed by atoms with E-state index < -0.39 is 5.82 Å². The molecule has 0 aliphatic carbocycles. The summed E-state index contributed by atoms with van der Waals surface area (Å²) in [7, 11) is 0. The summed E-state index contributed by atoms with van der Waals surface area (Å²) < 4.78 is 19.5. The number of ether oxygens (including phenoxy) is 1. The Balaban J connectivity index is 1.88. The number of hydrogen-bond donors (Lipinski definition) is 1. The van der Waals surface area contributed by atoms with Gasteiger partial charge in [-0.15, -0.1) is 0 Å². The molecule has 0 spiro atoms. The van der Waals surface area contributed by atoms with Gasteiger partial charge in [0.25, 0.3) is 0 Å². The van der Waals surface area contributed by atoms with Crippen LogP contribution in [-0.4, -0.2) is 42.4 Å². The van der Waals surface area contributed by atoms with Crippen molar-refractivity contribution in [3.63, 3.8) is 0 Å². The molecular formula is C15H19FN2O2. The summed E-state index contributed by atoms with van der Waals surface area (Å²) in [6.45, 7) is 2.63. The highest BCUT2D eigenvalue weighted by Crippen LogP contribution is 2.19. The summed E-state index contributed by atoms with van der Waals surface area (Å²) in [6.07, 6.45) is 1.97. The van der Waals surface area contributed by atoms with Crippen molar-refractivity contribution < 1.29 is 14.2 Å². The number of benzene rings is 1. The molecule has 0 saturated carbocycles. The minimum Gasteiger partial charge on any atom is -0.394 e. The van der Waals surface area contributed by atoms with Crippen LogP contribution in [0.15, 0.2) is 18.2 Å². The van der Waals surface area contributed by atoms with Crippen molar-refractivity contribution in [1.29, 1.82) is 5.26 Å². The van der Waals surface area contributed by atoms with E-state index in [2.05, 4.69) is 4.90 Å². The molecule has 108 valence electrons. The first-order valence-corrected chi connectivity index (χ1v) is 6.87. The number of aliphatic hydroxyl groups is 1. The van der Waals surface area contributed by atoms with E-state index in [9.17, 15) is 4.39 Å². The second-order valence-corrected chi connectivity index (χ2v) is 4.96. The molecule has 0 aromatic heterocycles. The van der Waals surface area contributed by atoms with Crippen LogP contribution >= 0.6 is 0 Å². The summed E-state index contributed by atoms with van der Waals surface area (Å²) >= 11 is 0. The minimum absolute atomic E-state index is 0.0480. The monoisotopic (exact) mass is 278 g/mol. The molecule has 1 heterocycles. The predicted molar refractivity (Wildman–Crippen MR) is 72.5 cm³/mol. The Morgan fingerprint density at radius 1 is 1.40 bits per heavy atom. The average Bonchev–Trinajstić information content (AvgIpc) is 2.48. The van der Waals surface area contributed by atoms with E-state index in [1.54, 1.807) is 12.1 Å². The largest absolute Gasteiger partial charge is 0.394 e. The molecule has 1 fully saturated rings. The Morgan fingerprint density at radius 3 is 2.80 bits per heavy atom. The molecule has 1 aliphatic rings. The highest BCUT2D eigenvalue weighted by atomic mass is 19.1. The maximum Gasteiger partial charge on any atom is 0.145 e. The van der Waals surface area contributed by atoms with E-state index in [1.807, 2.05) is 6.07 Å². The second-order valence-electron chi connectivity index (χ2n) is 4.96. The van der Waals surface area contributed by atoms with Crippen LogP contribution in [0.2, 0.25) is 0 Å². The summed E-state index contributed by atoms with van der Waals surface area (Å²) in [5, 5.41) is 17.5. The normalized spacial score (nSPS) is 17.1. The summed E-state index contributed by atoms with van der Waals surface area (Å²) in [4.78, 5) is 2.17. The lowest BCUT2D eigenvalue weighted by atomic mass is 10.1. The third-order valence-corrected chi connectivity index (χ3v) is 3.57. The van der Waals surface area contributed by atoms with Crippen LogP contribution < -0.4 is 0 Å². The van der Waals surface area contributed by atoms with Crippen molar-refractivity contribution >= 4 is 0 Å². The van der Waals surface area contributed by atoms with Crippen molar-refractivity contribution in [3.05, 3.63) is 35.1 Å². The van der Waals surface area contributed by atoms with Crippen LogP contribution in [0.3, 0.4) is 0 Å². The Labute approximate surface area is 118 Å². The number of rotatable bonds is 5. The van der Waals surface area contributed by atoms with Gasteiger partial charge in [-0.25, -0.2) is 4.39 Å². The fraction of sp³-hybridized carbons (Fsp3) is 0.533. The lowest BCUT2D eigenvalue weighted by Gasteiger charge is -2.31. The van der Waals surface area contributed by atoms with Crippen LogP contribution in [0.5, 0.6) is 0 Å². The van der Waals surface area contributed by atoms with Crippen LogP contribution in [0, 0.1) is 17.1 Å². The Bertz CT molecular complexity index is 479. The molecule has 0 radical (unpaired) electrons. The molecule has 1 aliphatic heterocycles. The summed E-state index contributed by atoms with van der Waals surface area (Å²) in [5.74, 6) is -0.409. The van der Waals surface area contributed by atoms with Gasteiger partial charge in [0.15, 0.2) is 0 Å². The number of hydrogen-bond acceptors (Lipinski definition) is 4. The smallest absolute Gasteiger partial charge is 0.145 e. The Kier molecular flexibility index (Phi) is 5.48. The van der Waals surface area contributed by atoms with Crippen LogP contribution in [0.1, 0.15) is 24.0 Å². The maximum absolute atomic E-state index is 14.0. The number of halogens is 1. The maximum atomic E-state index is 14.0. The lowest BCUT2D eigenvalue weighted by molar-refractivity contribution is -0.00914. The van der Waals surface area contributed by atoms with E-state index in [-0.39, 0.29) is 18.3 Å². The minimum atomic E-state index is -0.409. The second kappa shape index (κ2) is 7.34. The molecule has 5 heteroatoms. The predicted octanol–water partition coefficient (Wildman–Crippen LogP) is 1.67. The molecule has 0 bridgehead atoms. The summed E-state index contributed by atoms with van der Waals surface area (Å²) in [6, 6.07) is 6.80. The fourth-order valence-corrected chi connectivity index (χ4v) is 2.48. The lowest BCUT2D eigenvalue weighted by Crippen LogP contribution is -2.37. The number of nitrogens with zero attached hydrogens (tertiary/aromatic N) is 2. The van der Waals surface area contributed by atoms with E-state index in [0.29, 0.717) is 18.7 Å². The highest BCUT2D eigenvalue weighted by Gasteiger charge is 2.20. The zero-order valence-electron chi connectivity index (χ0n) is 11.4. The molecule has 2 rings (SSSR count). The van der Waals surface area contributed by atoms with E-state index >= 15 is 0 Å². The molecule has 0 unspecified atom stereocenters. The van der Waals surface area contributed by atoms with Crippen molar-refractivity contribution in [2.75, 3.05) is 26.3 Å². The first kappa shape index (κ1) is 14.9. The molecule has 1 aromatic rings. The van der Waals surface area contributed by atoms with Gasteiger partial charge < -0.3 is 9.84 Å². The number of nitriles is 1. The highest BCUT2D eigenvalue weighted by molar-refractivity contribution is 5.34. The van der Waals surface area contributed by atoms with Gasteiger partial charge >= 0.3 is 0 Å². The van der Waals surface area contributed by atoms with Crippen molar-refractivity contribution in [2.45, 2.75) is 25.5 Å². The topological polar surface area (TPSA) is 56.5 Å². The fourth-order valence-electron chi connectivity index (χ4n) is 2.48. The van der Waals surface area contributed by atoms with Crippen LogP contribution in [-0.2, 0) is 11.3 Å². The summed E-state index contributed by atoms with van der Waals surface area (Å²) in [5.41, 5.74) is 0.669. The molecule has 1 N–H and O–H groups in total. The first-order chi connectivity index (χ1) is 9.74. The Hall–Kier alpha value is -1.48. The van der Waals surface area contributed by atoms with Gasteiger partial charge in [0.05, 0.1) is 24.9 Å². The third-order valence-electron chi connectivity index (χ3n) is 3.57. The quantitative estimate of drug-likeness (QED) is 0.890. The SMILES string of the molecule is N#Cc1cccc(CN2CCC(OCCO)CC2)c1F. The van der Waals surface area contributed by atoms with Gasteiger partial charge in [-0.2, -0.15) is 5.26 Å². The number of likely N-dealkylation sites (tertiary alicyclic amines) is 1. The zero-order valence-corrected chi connectivity index (χ0v) is 11.4. The zero-order chi connectivity index (χ0) is 14.4. The molecule has 0 amide bonds. The van der Waals surface area contributed by atoms with Crippen molar-refractivity contribution in [3.8, 4) is 6.07 Å². The number of piperidine rings is 1. The third kappa shape index (κ3) is 3.76. The average molecular weight is 278 g/mol. The standard InChI is InChI=1S/C15H19FN2O2/c16-15-12(10-17)2-1-3-13(15)11-18-6-4-14(5-7-18)20-9-8-19/h1-3,14,19H,4-9,11H2. The van der Waals surface area contributed by atoms with E-state index in [1.165, 1.54) is 6.07 Å². The molecular weight excluding hydrogens is 259 g/mol. The molecule has 1 saturated heterocycles. The van der Waals surface area contributed by atoms with Gasteiger partial charge in [-0.05, 0) is 18.9 Å². The molecule has 20 heavy (non-hydrogen) atoms. The van der Waals surface area contributed by atoms with Gasteiger partial charge in [0, 0.05) is 25.2 Å². The molecule has 1 aromatic carbocycles. The molecule has 0 atom stereocenters. The van der Waals surface area contributed by atoms with E-state index in [4.69, 9.17) is 15.1 Å². The van der Waals surface area contributed by atoms with Gasteiger partial charge in [-0.3, -0.25) is 4.90 Å². The first-order valence-electron chi connectivity index (χ1n) is 6.87. The van der Waals surface area contributed by atoms with Gasteiger partial charge in [-0.1, -0.05) is 12.1 Å². The van der Waals surface area contributed by atoms with Gasteiger partial charge in [0.1, 0.15) is 11.9 Å². The van der Waals surface area contributed by atoms with E-state index in [0.717, 1.165) is 25.9 Å². The van der Waals surface area contributed by atoms with Crippen molar-refractivity contribution in [1.82, 2.24) is 4.90 Å². The van der Waals surface area contributed by atoms with Crippen LogP contribution in [0.4, 0.5) is 4.39 Å². The number of aliphatic hydroxyl groups excluding tert-OH is 1. The molecule has 4 nitrogen and oxygen atoms in total. The van der Waals surface area contributed by atoms with Gasteiger partial charge in [0.2, 0.25) is 0 Å².